The van der Waals surface area contributed by atoms with E-state index in [1.165, 1.54) is 23.9 Å². The predicted octanol–water partition coefficient (Wildman–Crippen LogP) is 2.49. The van der Waals surface area contributed by atoms with Gasteiger partial charge in [0, 0.05) is 5.75 Å². The molecule has 2 aromatic rings. The molecule has 5 nitrogen and oxygen atoms in total. The van der Waals surface area contributed by atoms with Gasteiger partial charge in [-0.15, -0.1) is 11.8 Å². The third-order valence-corrected chi connectivity index (χ3v) is 3.50. The third-order valence-electron chi connectivity index (χ3n) is 2.50. The lowest BCUT2D eigenvalue weighted by molar-refractivity contribution is -0.137. The van der Waals surface area contributed by atoms with Crippen molar-refractivity contribution in [2.45, 2.75) is 17.7 Å². The summed E-state index contributed by atoms with van der Waals surface area (Å²) in [6, 6.07) is 5.03. The highest BCUT2D eigenvalue weighted by Crippen LogP contribution is 2.29. The number of thioether (sulfide) groups is 1. The number of rotatable bonds is 4. The monoisotopic (exact) mass is 315 g/mol. The Hall–Kier alpha value is -2.03. The molecule has 0 saturated carbocycles. The number of anilines is 2. The van der Waals surface area contributed by atoms with E-state index in [4.69, 9.17) is 11.5 Å². The van der Waals surface area contributed by atoms with Gasteiger partial charge < -0.3 is 11.5 Å². The van der Waals surface area contributed by atoms with Gasteiger partial charge in [0.15, 0.2) is 0 Å². The van der Waals surface area contributed by atoms with E-state index in [0.717, 1.165) is 17.7 Å². The molecule has 0 aliphatic rings. The van der Waals surface area contributed by atoms with E-state index in [-0.39, 0.29) is 11.9 Å². The van der Waals surface area contributed by atoms with E-state index in [0.29, 0.717) is 17.3 Å². The van der Waals surface area contributed by atoms with Crippen LogP contribution in [0.15, 0.2) is 24.3 Å². The number of nitrogens with zero attached hydrogens (tertiary/aromatic N) is 3. The normalized spacial score (nSPS) is 11.6. The van der Waals surface area contributed by atoms with Crippen molar-refractivity contribution in [2.24, 2.45) is 0 Å². The van der Waals surface area contributed by atoms with Crippen LogP contribution in [0.5, 0.6) is 0 Å². The Morgan fingerprint density at radius 3 is 2.00 bits per heavy atom. The summed E-state index contributed by atoms with van der Waals surface area (Å²) in [6.45, 7) is 0. The minimum atomic E-state index is -4.31. The van der Waals surface area contributed by atoms with Crippen LogP contribution in [0.2, 0.25) is 0 Å². The molecule has 0 radical (unpaired) electrons. The first-order chi connectivity index (χ1) is 9.84. The van der Waals surface area contributed by atoms with E-state index in [1.54, 1.807) is 0 Å². The van der Waals surface area contributed by atoms with Crippen molar-refractivity contribution in [2.75, 3.05) is 11.5 Å². The molecule has 0 bridgehead atoms. The number of hydrogen-bond donors (Lipinski definition) is 2. The topological polar surface area (TPSA) is 90.7 Å². The summed E-state index contributed by atoms with van der Waals surface area (Å²) < 4.78 is 37.3. The summed E-state index contributed by atoms with van der Waals surface area (Å²) in [5, 5.41) is 0. The summed E-state index contributed by atoms with van der Waals surface area (Å²) >= 11 is 1.45. The molecule has 0 unspecified atom stereocenters. The lowest BCUT2D eigenvalue weighted by Crippen LogP contribution is -2.06. The summed E-state index contributed by atoms with van der Waals surface area (Å²) in [4.78, 5) is 11.5. The zero-order chi connectivity index (χ0) is 15.5. The maximum Gasteiger partial charge on any atom is 0.416 e. The Kier molecular flexibility index (Phi) is 4.51. The van der Waals surface area contributed by atoms with Gasteiger partial charge in [0.05, 0.1) is 11.3 Å². The molecule has 9 heteroatoms. The van der Waals surface area contributed by atoms with Crippen molar-refractivity contribution in [3.63, 3.8) is 0 Å². The second-order valence-corrected chi connectivity index (χ2v) is 5.14. The Labute approximate surface area is 123 Å². The van der Waals surface area contributed by atoms with Crippen LogP contribution in [0, 0.1) is 0 Å². The number of benzene rings is 1. The zero-order valence-corrected chi connectivity index (χ0v) is 11.6. The van der Waals surface area contributed by atoms with E-state index in [9.17, 15) is 13.2 Å². The van der Waals surface area contributed by atoms with Crippen molar-refractivity contribution in [3.05, 3.63) is 41.2 Å². The third kappa shape index (κ3) is 4.48. The minimum absolute atomic E-state index is 0.0487. The van der Waals surface area contributed by atoms with Gasteiger partial charge in [0.25, 0.3) is 0 Å². The van der Waals surface area contributed by atoms with Crippen LogP contribution in [-0.2, 0) is 17.7 Å². The molecule has 2 rings (SSSR count). The van der Waals surface area contributed by atoms with Crippen LogP contribution in [0.3, 0.4) is 0 Å². The number of aromatic nitrogens is 3. The van der Waals surface area contributed by atoms with E-state index in [2.05, 4.69) is 15.0 Å². The molecule has 0 aliphatic carbocycles. The maximum atomic E-state index is 12.4. The van der Waals surface area contributed by atoms with Crippen molar-refractivity contribution >= 4 is 23.7 Å². The number of alkyl halides is 3. The fourth-order valence-corrected chi connectivity index (χ4v) is 2.41. The standard InChI is InChI=1S/C12H12F3N5S/c13-12(14,15)8-3-1-7(2-4-8)5-21-6-9-18-10(16)20-11(17)19-9/h1-4H,5-6H2,(H4,16,17,18,19,20). The molecule has 1 heterocycles. The number of nitrogen functional groups attached to an aromatic ring is 2. The summed E-state index contributed by atoms with van der Waals surface area (Å²) in [5.41, 5.74) is 11.0. The fourth-order valence-electron chi connectivity index (χ4n) is 1.57. The number of hydrogen-bond acceptors (Lipinski definition) is 6. The molecule has 0 aliphatic heterocycles. The number of halogens is 3. The molecule has 4 N–H and O–H groups in total. The van der Waals surface area contributed by atoms with Gasteiger partial charge in [0.1, 0.15) is 5.82 Å². The average Bonchev–Trinajstić information content (AvgIpc) is 2.37. The SMILES string of the molecule is Nc1nc(N)nc(CSCc2ccc(C(F)(F)F)cc2)n1. The summed E-state index contributed by atoms with van der Waals surface area (Å²) in [6.07, 6.45) is -4.31. The first-order valence-electron chi connectivity index (χ1n) is 5.84. The molecule has 112 valence electrons. The van der Waals surface area contributed by atoms with Gasteiger partial charge in [-0.3, -0.25) is 0 Å². The molecular formula is C12H12F3N5S. The molecule has 21 heavy (non-hydrogen) atoms. The van der Waals surface area contributed by atoms with Gasteiger partial charge in [-0.2, -0.15) is 28.1 Å². The minimum Gasteiger partial charge on any atom is -0.368 e. The highest BCUT2D eigenvalue weighted by atomic mass is 32.2. The van der Waals surface area contributed by atoms with Gasteiger partial charge in [-0.05, 0) is 17.7 Å². The molecule has 1 aromatic carbocycles. The maximum absolute atomic E-state index is 12.4. The number of nitrogens with two attached hydrogens (primary N) is 2. The van der Waals surface area contributed by atoms with Gasteiger partial charge >= 0.3 is 6.18 Å². The van der Waals surface area contributed by atoms with Gasteiger partial charge in [-0.1, -0.05) is 12.1 Å². The first-order valence-corrected chi connectivity index (χ1v) is 7.00. The second kappa shape index (κ2) is 6.17. The van der Waals surface area contributed by atoms with Crippen molar-refractivity contribution < 1.29 is 13.2 Å². The summed E-state index contributed by atoms with van der Waals surface area (Å²) in [5.74, 6) is 1.51. The molecular weight excluding hydrogens is 303 g/mol. The van der Waals surface area contributed by atoms with Crippen LogP contribution in [-0.4, -0.2) is 15.0 Å². The molecule has 0 spiro atoms. The lowest BCUT2D eigenvalue weighted by Gasteiger charge is -2.07. The van der Waals surface area contributed by atoms with Crippen LogP contribution in [0.4, 0.5) is 25.1 Å². The molecule has 0 amide bonds. The summed E-state index contributed by atoms with van der Waals surface area (Å²) in [7, 11) is 0. The highest BCUT2D eigenvalue weighted by Gasteiger charge is 2.29. The lowest BCUT2D eigenvalue weighted by atomic mass is 10.1. The first kappa shape index (κ1) is 15.4. The Bertz CT molecular complexity index is 595. The predicted molar refractivity (Wildman–Crippen MR) is 75.1 cm³/mol. The molecule has 0 atom stereocenters. The van der Waals surface area contributed by atoms with Crippen molar-refractivity contribution in [1.29, 1.82) is 0 Å². The van der Waals surface area contributed by atoms with Crippen LogP contribution in [0.25, 0.3) is 0 Å². The Balaban J connectivity index is 1.91. The largest absolute Gasteiger partial charge is 0.416 e. The van der Waals surface area contributed by atoms with E-state index < -0.39 is 11.7 Å². The quantitative estimate of drug-likeness (QED) is 0.901. The molecule has 1 aromatic heterocycles. The average molecular weight is 315 g/mol. The molecule has 0 fully saturated rings. The van der Waals surface area contributed by atoms with Crippen molar-refractivity contribution in [3.8, 4) is 0 Å². The van der Waals surface area contributed by atoms with Crippen LogP contribution in [0.1, 0.15) is 17.0 Å². The van der Waals surface area contributed by atoms with Gasteiger partial charge in [0.2, 0.25) is 11.9 Å². The zero-order valence-electron chi connectivity index (χ0n) is 10.8. The molecule has 0 saturated heterocycles. The van der Waals surface area contributed by atoms with Gasteiger partial charge in [-0.25, -0.2) is 0 Å². The Morgan fingerprint density at radius 1 is 0.905 bits per heavy atom. The van der Waals surface area contributed by atoms with Crippen LogP contribution < -0.4 is 11.5 Å². The smallest absolute Gasteiger partial charge is 0.368 e. The van der Waals surface area contributed by atoms with E-state index in [1.807, 2.05) is 0 Å². The van der Waals surface area contributed by atoms with E-state index >= 15 is 0 Å². The second-order valence-electron chi connectivity index (χ2n) is 4.16. The highest BCUT2D eigenvalue weighted by molar-refractivity contribution is 7.97. The van der Waals surface area contributed by atoms with Crippen molar-refractivity contribution in [1.82, 2.24) is 15.0 Å². The fraction of sp³-hybridized carbons (Fsp3) is 0.250. The Morgan fingerprint density at radius 2 is 1.48 bits per heavy atom. The van der Waals surface area contributed by atoms with Crippen LogP contribution >= 0.6 is 11.8 Å².